The van der Waals surface area contributed by atoms with Crippen LogP contribution in [0.3, 0.4) is 0 Å². The maximum absolute atomic E-state index is 12.8. The van der Waals surface area contributed by atoms with Gasteiger partial charge >= 0.3 is 0 Å². The third-order valence-electron chi connectivity index (χ3n) is 3.98. The Morgan fingerprint density at radius 1 is 1.36 bits per heavy atom. The lowest BCUT2D eigenvalue weighted by molar-refractivity contribution is 0.0708. The van der Waals surface area contributed by atoms with Gasteiger partial charge in [-0.1, -0.05) is 0 Å². The highest BCUT2D eigenvalue weighted by Gasteiger charge is 2.34. The van der Waals surface area contributed by atoms with Crippen molar-refractivity contribution in [1.82, 2.24) is 15.2 Å². The normalized spacial score (nSPS) is 19.4. The molecule has 0 aliphatic carbocycles. The first-order chi connectivity index (χ1) is 11.5. The van der Waals surface area contributed by atoms with Crippen LogP contribution in [0.1, 0.15) is 55.0 Å². The van der Waals surface area contributed by atoms with Gasteiger partial charge in [-0.05, 0) is 46.2 Å². The zero-order chi connectivity index (χ0) is 18.8. The zero-order valence-corrected chi connectivity index (χ0v) is 15.9. The van der Waals surface area contributed by atoms with Gasteiger partial charge in [0.25, 0.3) is 11.8 Å². The Morgan fingerprint density at radius 2 is 2.04 bits per heavy atom. The highest BCUT2D eigenvalue weighted by atomic mass is 32.2. The van der Waals surface area contributed by atoms with Gasteiger partial charge in [-0.25, -0.2) is 8.42 Å². The molecule has 0 aromatic carbocycles. The van der Waals surface area contributed by atoms with Crippen molar-refractivity contribution in [3.8, 4) is 0 Å². The lowest BCUT2D eigenvalue weighted by atomic mass is 10.1. The van der Waals surface area contributed by atoms with Crippen LogP contribution in [-0.2, 0) is 9.84 Å². The van der Waals surface area contributed by atoms with E-state index in [1.165, 1.54) is 12.3 Å². The van der Waals surface area contributed by atoms with Crippen LogP contribution in [0.4, 0.5) is 0 Å². The first kappa shape index (κ1) is 19.4. The predicted molar refractivity (Wildman–Crippen MR) is 95.2 cm³/mol. The van der Waals surface area contributed by atoms with Crippen LogP contribution >= 0.6 is 0 Å². The van der Waals surface area contributed by atoms with Crippen molar-refractivity contribution in [3.05, 3.63) is 29.6 Å². The summed E-state index contributed by atoms with van der Waals surface area (Å²) in [5, 5.41) is 2.81. The fourth-order valence-corrected chi connectivity index (χ4v) is 4.58. The molecule has 1 fully saturated rings. The summed E-state index contributed by atoms with van der Waals surface area (Å²) >= 11 is 0. The molecule has 7 nitrogen and oxygen atoms in total. The summed E-state index contributed by atoms with van der Waals surface area (Å²) in [4.78, 5) is 30.6. The molecule has 138 valence electrons. The number of hydrogen-bond donors (Lipinski definition) is 1. The van der Waals surface area contributed by atoms with E-state index in [0.717, 1.165) is 0 Å². The van der Waals surface area contributed by atoms with Gasteiger partial charge < -0.3 is 10.2 Å². The summed E-state index contributed by atoms with van der Waals surface area (Å²) in [7, 11) is -3.08. The van der Waals surface area contributed by atoms with Gasteiger partial charge in [0.1, 0.15) is 5.69 Å². The average molecular weight is 367 g/mol. The van der Waals surface area contributed by atoms with E-state index in [-0.39, 0.29) is 35.1 Å². The number of carbonyl (C=O) groups is 2. The zero-order valence-electron chi connectivity index (χ0n) is 15.1. The van der Waals surface area contributed by atoms with E-state index in [4.69, 9.17) is 0 Å². The molecule has 1 aromatic rings. The Labute approximate surface area is 148 Å². The van der Waals surface area contributed by atoms with Crippen LogP contribution in [0.2, 0.25) is 0 Å². The molecule has 1 unspecified atom stereocenters. The van der Waals surface area contributed by atoms with E-state index in [1.807, 2.05) is 27.7 Å². The van der Waals surface area contributed by atoms with Crippen molar-refractivity contribution >= 4 is 21.7 Å². The third kappa shape index (κ3) is 5.01. The van der Waals surface area contributed by atoms with Gasteiger partial charge in [-0.3, -0.25) is 14.6 Å². The molecule has 2 rings (SSSR count). The number of hydrogen-bond acceptors (Lipinski definition) is 5. The predicted octanol–water partition coefficient (Wildman–Crippen LogP) is 1.26. The van der Waals surface area contributed by atoms with Crippen molar-refractivity contribution in [2.75, 3.05) is 18.1 Å². The van der Waals surface area contributed by atoms with Gasteiger partial charge in [0.15, 0.2) is 9.84 Å². The largest absolute Gasteiger partial charge is 0.346 e. The Bertz CT molecular complexity index is 768. The molecule has 8 heteroatoms. The fraction of sp³-hybridized carbons (Fsp3) is 0.588. The molecule has 25 heavy (non-hydrogen) atoms. The summed E-state index contributed by atoms with van der Waals surface area (Å²) in [5.74, 6) is -0.531. The summed E-state index contributed by atoms with van der Waals surface area (Å²) in [5.41, 5.74) is 0.0861. The first-order valence-corrected chi connectivity index (χ1v) is 10.1. The molecule has 1 aliphatic rings. The molecule has 0 spiro atoms. The van der Waals surface area contributed by atoms with Crippen LogP contribution in [0.25, 0.3) is 0 Å². The Balaban J connectivity index is 2.21. The molecule has 0 bridgehead atoms. The van der Waals surface area contributed by atoms with Crippen molar-refractivity contribution in [1.29, 1.82) is 0 Å². The smallest absolute Gasteiger partial charge is 0.270 e. The fourth-order valence-electron chi connectivity index (χ4n) is 2.85. The second-order valence-electron chi connectivity index (χ2n) is 7.28. The maximum atomic E-state index is 12.8. The molecular weight excluding hydrogens is 342 g/mol. The Hall–Kier alpha value is -1.96. The molecule has 1 N–H and O–H groups in total. The van der Waals surface area contributed by atoms with Crippen LogP contribution in [0.15, 0.2) is 18.3 Å². The molecule has 1 aliphatic heterocycles. The Morgan fingerprint density at radius 3 is 2.56 bits per heavy atom. The molecule has 1 aromatic heterocycles. The third-order valence-corrected chi connectivity index (χ3v) is 5.73. The molecule has 0 saturated carbocycles. The van der Waals surface area contributed by atoms with E-state index < -0.39 is 15.4 Å². The summed E-state index contributed by atoms with van der Waals surface area (Å²) in [6.45, 7) is 7.81. The number of nitrogens with one attached hydrogen (secondary N) is 1. The van der Waals surface area contributed by atoms with Crippen molar-refractivity contribution in [2.24, 2.45) is 0 Å². The van der Waals surface area contributed by atoms with Gasteiger partial charge in [-0.15, -0.1) is 0 Å². The van der Waals surface area contributed by atoms with E-state index in [9.17, 15) is 18.0 Å². The van der Waals surface area contributed by atoms with E-state index >= 15 is 0 Å². The number of rotatable bonds is 4. The van der Waals surface area contributed by atoms with Crippen LogP contribution in [-0.4, -0.2) is 59.7 Å². The number of sulfone groups is 1. The number of amides is 2. The van der Waals surface area contributed by atoms with Gasteiger partial charge in [-0.2, -0.15) is 0 Å². The summed E-state index contributed by atoms with van der Waals surface area (Å²) < 4.78 is 23.4. The van der Waals surface area contributed by atoms with Crippen molar-refractivity contribution in [2.45, 2.75) is 45.7 Å². The molecule has 1 atom stereocenters. The number of carbonyl (C=O) groups excluding carboxylic acids is 2. The van der Waals surface area contributed by atoms with E-state index in [1.54, 1.807) is 11.0 Å². The van der Waals surface area contributed by atoms with Crippen LogP contribution < -0.4 is 5.32 Å². The average Bonchev–Trinajstić information content (AvgIpc) is 2.86. The number of pyridine rings is 1. The minimum atomic E-state index is -3.08. The number of nitrogens with zero attached hydrogens (tertiary/aromatic N) is 2. The summed E-state index contributed by atoms with van der Waals surface area (Å²) in [6.07, 6.45) is 1.87. The molecule has 2 heterocycles. The number of aromatic nitrogens is 1. The molecule has 1 saturated heterocycles. The van der Waals surface area contributed by atoms with Gasteiger partial charge in [0, 0.05) is 29.9 Å². The first-order valence-electron chi connectivity index (χ1n) is 8.32. The van der Waals surface area contributed by atoms with Crippen LogP contribution in [0, 0.1) is 0 Å². The monoisotopic (exact) mass is 367 g/mol. The molecular formula is C17H25N3O4S. The minimum absolute atomic E-state index is 0.00493. The molecule has 0 radical (unpaired) electrons. The topological polar surface area (TPSA) is 96.4 Å². The van der Waals surface area contributed by atoms with Crippen molar-refractivity contribution in [3.63, 3.8) is 0 Å². The van der Waals surface area contributed by atoms with E-state index in [2.05, 4.69) is 10.3 Å². The lowest BCUT2D eigenvalue weighted by Gasteiger charge is -2.27. The maximum Gasteiger partial charge on any atom is 0.270 e. The lowest BCUT2D eigenvalue weighted by Crippen LogP contribution is -2.42. The van der Waals surface area contributed by atoms with Crippen LogP contribution in [0.5, 0.6) is 0 Å². The second kappa shape index (κ2) is 7.11. The SMILES string of the molecule is CCN(C(=O)c1ccnc(C(=O)NC(C)(C)C)c1)C1CCS(=O)(=O)C1. The van der Waals surface area contributed by atoms with Gasteiger partial charge in [0.05, 0.1) is 11.5 Å². The Kier molecular flexibility index (Phi) is 5.51. The minimum Gasteiger partial charge on any atom is -0.346 e. The molecule has 2 amide bonds. The highest BCUT2D eigenvalue weighted by Crippen LogP contribution is 2.20. The van der Waals surface area contributed by atoms with Gasteiger partial charge in [0.2, 0.25) is 0 Å². The van der Waals surface area contributed by atoms with Crippen molar-refractivity contribution < 1.29 is 18.0 Å². The highest BCUT2D eigenvalue weighted by molar-refractivity contribution is 7.91. The second-order valence-corrected chi connectivity index (χ2v) is 9.51. The quantitative estimate of drug-likeness (QED) is 0.864. The standard InChI is InChI=1S/C17H25N3O4S/c1-5-20(13-7-9-25(23,24)11-13)16(22)12-6-8-18-14(10-12)15(21)19-17(2,3)4/h6,8,10,13H,5,7,9,11H2,1-4H3,(H,19,21). The summed E-state index contributed by atoms with van der Waals surface area (Å²) in [6, 6.07) is 2.68. The van der Waals surface area contributed by atoms with E-state index in [0.29, 0.717) is 18.5 Å².